The molecule has 1 aliphatic heterocycles. The molecule has 1 unspecified atom stereocenters. The molecule has 0 aliphatic carbocycles. The number of aliphatic imine (C=N–C) groups is 1. The Morgan fingerprint density at radius 2 is 1.86 bits per heavy atom. The molecule has 0 aromatic heterocycles. The molecule has 0 amide bonds. The van der Waals surface area contributed by atoms with Gasteiger partial charge >= 0.3 is 0 Å². The summed E-state index contributed by atoms with van der Waals surface area (Å²) in [4.78, 5) is 8.16. The summed E-state index contributed by atoms with van der Waals surface area (Å²) in [5, 5.41) is 3.31. The zero-order valence-corrected chi connectivity index (χ0v) is 13.7. The first-order valence-corrected chi connectivity index (χ1v) is 7.19. The van der Waals surface area contributed by atoms with Gasteiger partial charge in [-0.25, -0.2) is 0 Å². The van der Waals surface area contributed by atoms with Crippen molar-refractivity contribution < 1.29 is 0 Å². The molecule has 1 N–H and O–H groups in total. The van der Waals surface area contributed by atoms with E-state index in [1.54, 1.807) is 6.20 Å². The highest BCUT2D eigenvalue weighted by atomic mass is 15.3. The Hall–Kier alpha value is -2.07. The van der Waals surface area contributed by atoms with Crippen LogP contribution in [0, 0.1) is 0 Å². The molecule has 21 heavy (non-hydrogen) atoms. The van der Waals surface area contributed by atoms with Gasteiger partial charge in [-0.1, -0.05) is 38.6 Å². The molecule has 1 aromatic carbocycles. The van der Waals surface area contributed by atoms with Crippen LogP contribution >= 0.6 is 0 Å². The van der Waals surface area contributed by atoms with Gasteiger partial charge in [0.2, 0.25) is 0 Å². The van der Waals surface area contributed by atoms with E-state index in [0.29, 0.717) is 0 Å². The van der Waals surface area contributed by atoms with Crippen molar-refractivity contribution in [2.24, 2.45) is 4.99 Å². The van der Waals surface area contributed by atoms with Crippen molar-refractivity contribution >= 4 is 18.1 Å². The van der Waals surface area contributed by atoms with Crippen molar-refractivity contribution in [3.8, 4) is 0 Å². The van der Waals surface area contributed by atoms with Gasteiger partial charge in [-0.3, -0.25) is 10.3 Å². The average Bonchev–Trinajstić information content (AvgIpc) is 2.61. The number of benzene rings is 1. The van der Waals surface area contributed by atoms with Crippen molar-refractivity contribution in [2.75, 3.05) is 26.0 Å². The summed E-state index contributed by atoms with van der Waals surface area (Å²) in [5.41, 5.74) is 4.24. The number of likely N-dealkylation sites (N-methyl/N-ethyl adjacent to an activating group) is 3. The van der Waals surface area contributed by atoms with Crippen LogP contribution in [0.4, 0.5) is 5.69 Å². The molecular weight excluding hydrogens is 260 g/mol. The van der Waals surface area contributed by atoms with Gasteiger partial charge in [0.15, 0.2) is 0 Å². The molecular formula is C17H26N4. The van der Waals surface area contributed by atoms with Gasteiger partial charge in [-0.2, -0.15) is 0 Å². The third-order valence-corrected chi connectivity index (χ3v) is 3.55. The summed E-state index contributed by atoms with van der Waals surface area (Å²) in [6.45, 7) is 11.8. The zero-order chi connectivity index (χ0) is 16.0. The Bertz CT molecular complexity index is 533. The van der Waals surface area contributed by atoms with E-state index in [-0.39, 0.29) is 6.17 Å². The fourth-order valence-electron chi connectivity index (χ4n) is 2.47. The first-order chi connectivity index (χ1) is 10.1. The molecule has 2 rings (SSSR count). The molecule has 1 aromatic rings. The number of nitrogens with zero attached hydrogens (tertiary/aromatic N) is 3. The lowest BCUT2D eigenvalue weighted by molar-refractivity contribution is 0.487. The van der Waals surface area contributed by atoms with Gasteiger partial charge in [0, 0.05) is 37.2 Å². The molecule has 4 heteroatoms. The number of nitrogens with one attached hydrogen (secondary N) is 1. The van der Waals surface area contributed by atoms with E-state index in [2.05, 4.69) is 52.6 Å². The number of anilines is 1. The first-order valence-electron chi connectivity index (χ1n) is 7.19. The van der Waals surface area contributed by atoms with E-state index < -0.39 is 0 Å². The molecule has 0 spiro atoms. The van der Waals surface area contributed by atoms with Gasteiger partial charge in [-0.05, 0) is 19.8 Å². The maximum Gasteiger partial charge on any atom is 0.122 e. The fourth-order valence-corrected chi connectivity index (χ4v) is 2.47. The topological polar surface area (TPSA) is 30.9 Å². The van der Waals surface area contributed by atoms with E-state index in [4.69, 9.17) is 0 Å². The minimum atomic E-state index is 0.0240. The second-order valence-electron chi connectivity index (χ2n) is 4.56. The molecule has 0 saturated carbocycles. The lowest BCUT2D eigenvalue weighted by Crippen LogP contribution is -2.45. The van der Waals surface area contributed by atoms with Crippen LogP contribution in [0.2, 0.25) is 0 Å². The minimum Gasteiger partial charge on any atom is -0.353 e. The highest BCUT2D eigenvalue weighted by molar-refractivity contribution is 5.77. The van der Waals surface area contributed by atoms with Crippen molar-refractivity contribution in [2.45, 2.75) is 20.0 Å². The van der Waals surface area contributed by atoms with Crippen molar-refractivity contribution in [1.29, 1.82) is 0 Å². The summed E-state index contributed by atoms with van der Waals surface area (Å²) in [7, 11) is 5.99. The number of rotatable bonds is 2. The van der Waals surface area contributed by atoms with Crippen LogP contribution in [-0.2, 0) is 0 Å². The second kappa shape index (κ2) is 7.64. The summed E-state index contributed by atoms with van der Waals surface area (Å²) in [5.74, 6) is 0. The third-order valence-electron chi connectivity index (χ3n) is 3.55. The van der Waals surface area contributed by atoms with E-state index >= 15 is 0 Å². The molecule has 1 aliphatic rings. The Morgan fingerprint density at radius 3 is 2.43 bits per heavy atom. The van der Waals surface area contributed by atoms with Crippen LogP contribution in [0.25, 0.3) is 5.70 Å². The maximum atomic E-state index is 4.20. The number of fused-ring (bicyclic) bond motifs is 1. The van der Waals surface area contributed by atoms with Crippen LogP contribution in [0.5, 0.6) is 0 Å². The fraction of sp³-hybridized carbons (Fsp3) is 0.353. The molecule has 0 fully saturated rings. The summed E-state index contributed by atoms with van der Waals surface area (Å²) in [6, 6.07) is 8.25. The van der Waals surface area contributed by atoms with Crippen LogP contribution < -0.4 is 10.2 Å². The van der Waals surface area contributed by atoms with Crippen molar-refractivity contribution in [3.63, 3.8) is 0 Å². The maximum absolute atomic E-state index is 4.20. The smallest absolute Gasteiger partial charge is 0.122 e. The monoisotopic (exact) mass is 286 g/mol. The lowest BCUT2D eigenvalue weighted by Gasteiger charge is -2.32. The van der Waals surface area contributed by atoms with Crippen molar-refractivity contribution in [1.82, 2.24) is 10.2 Å². The molecule has 0 saturated heterocycles. The number of para-hydroxylation sites is 1. The van der Waals surface area contributed by atoms with E-state index in [9.17, 15) is 0 Å². The highest BCUT2D eigenvalue weighted by Gasteiger charge is 2.29. The zero-order valence-electron chi connectivity index (χ0n) is 13.7. The molecule has 1 heterocycles. The number of hydrogen-bond acceptors (Lipinski definition) is 4. The quantitative estimate of drug-likeness (QED) is 0.847. The lowest BCUT2D eigenvalue weighted by atomic mass is 10.1. The predicted molar refractivity (Wildman–Crippen MR) is 93.5 cm³/mol. The molecule has 4 nitrogen and oxygen atoms in total. The van der Waals surface area contributed by atoms with Crippen LogP contribution in [-0.4, -0.2) is 38.9 Å². The normalized spacial score (nSPS) is 19.6. The Morgan fingerprint density at radius 1 is 1.24 bits per heavy atom. The van der Waals surface area contributed by atoms with Crippen LogP contribution in [0.15, 0.2) is 47.7 Å². The van der Waals surface area contributed by atoms with Gasteiger partial charge in [0.05, 0.1) is 5.70 Å². The van der Waals surface area contributed by atoms with E-state index in [1.165, 1.54) is 0 Å². The average molecular weight is 286 g/mol. The summed E-state index contributed by atoms with van der Waals surface area (Å²) in [6.07, 6.45) is 1.80. The molecule has 114 valence electrons. The largest absolute Gasteiger partial charge is 0.353 e. The highest BCUT2D eigenvalue weighted by Crippen LogP contribution is 2.35. The molecule has 0 bridgehead atoms. The molecule has 1 atom stereocenters. The standard InChI is InChI=1S/C15H20N4.C2H6/c1-11-12-8-6-7-9-13(12)19(5)15(17-3)14(10-16-2)18(11)4;1-2/h6-10,15,17H,1-2H2,3-5H3;1-2H3/b14-10+;. The van der Waals surface area contributed by atoms with E-state index in [1.807, 2.05) is 40.1 Å². The van der Waals surface area contributed by atoms with Gasteiger partial charge in [0.1, 0.15) is 6.17 Å². The third kappa shape index (κ3) is 3.16. The second-order valence-corrected chi connectivity index (χ2v) is 4.56. The Balaban J connectivity index is 0.00000106. The predicted octanol–water partition coefficient (Wildman–Crippen LogP) is 3.15. The Kier molecular flexibility index (Phi) is 6.18. The number of hydrogen-bond donors (Lipinski definition) is 1. The van der Waals surface area contributed by atoms with Crippen LogP contribution in [0.1, 0.15) is 19.4 Å². The van der Waals surface area contributed by atoms with Gasteiger partial charge in [0.25, 0.3) is 0 Å². The minimum absolute atomic E-state index is 0.0240. The molecule has 0 radical (unpaired) electrons. The summed E-state index contributed by atoms with van der Waals surface area (Å²) < 4.78 is 0. The SMILES string of the molecule is C=N/C=C1\C(NC)N(C)c2ccccc2C(=C)N1C.CC. The van der Waals surface area contributed by atoms with Crippen molar-refractivity contribution in [3.05, 3.63) is 48.3 Å². The Labute approximate surface area is 128 Å². The summed E-state index contributed by atoms with van der Waals surface area (Å²) >= 11 is 0. The van der Waals surface area contributed by atoms with E-state index in [0.717, 1.165) is 22.6 Å². The first kappa shape index (κ1) is 17.0. The van der Waals surface area contributed by atoms with Crippen LogP contribution in [0.3, 0.4) is 0 Å². The van der Waals surface area contributed by atoms with Gasteiger partial charge < -0.3 is 9.80 Å². The van der Waals surface area contributed by atoms with Gasteiger partial charge in [-0.15, -0.1) is 0 Å².